The van der Waals surface area contributed by atoms with Gasteiger partial charge in [-0.2, -0.15) is 0 Å². The van der Waals surface area contributed by atoms with Crippen LogP contribution in [-0.2, 0) is 4.74 Å². The molecule has 1 saturated heterocycles. The quantitative estimate of drug-likeness (QED) is 0.788. The largest absolute Gasteiger partial charge is 0.461 e. The Morgan fingerprint density at radius 3 is 2.95 bits per heavy atom. The van der Waals surface area contributed by atoms with E-state index in [4.69, 9.17) is 4.74 Å². The minimum atomic E-state index is -0.466. The number of nitrogens with zero attached hydrogens (tertiary/aromatic N) is 3. The first-order chi connectivity index (χ1) is 10.0. The minimum Gasteiger partial charge on any atom is -0.461 e. The van der Waals surface area contributed by atoms with Gasteiger partial charge in [0, 0.05) is 24.5 Å². The topological polar surface area (TPSA) is 62.7 Å². The summed E-state index contributed by atoms with van der Waals surface area (Å²) in [6.07, 6.45) is 2.09. The molecule has 1 aromatic rings. The molecule has 6 nitrogen and oxygen atoms in total. The molecule has 1 aliphatic rings. The van der Waals surface area contributed by atoms with Gasteiger partial charge >= 0.3 is 5.97 Å². The van der Waals surface area contributed by atoms with Crippen LogP contribution in [0.4, 0.5) is 0 Å². The van der Waals surface area contributed by atoms with E-state index in [0.29, 0.717) is 24.9 Å². The molecule has 0 aliphatic carbocycles. The fourth-order valence-corrected chi connectivity index (χ4v) is 3.06. The van der Waals surface area contributed by atoms with Crippen molar-refractivity contribution in [2.75, 3.05) is 33.8 Å². The summed E-state index contributed by atoms with van der Waals surface area (Å²) in [6.45, 7) is 3.50. The molecular formula is C14H21N3O3S. The van der Waals surface area contributed by atoms with Crippen molar-refractivity contribution >= 4 is 23.2 Å². The monoisotopic (exact) mass is 311 g/mol. The van der Waals surface area contributed by atoms with Crippen molar-refractivity contribution < 1.29 is 14.3 Å². The Morgan fingerprint density at radius 1 is 1.52 bits per heavy atom. The van der Waals surface area contributed by atoms with Gasteiger partial charge in [-0.05, 0) is 33.9 Å². The van der Waals surface area contributed by atoms with E-state index in [2.05, 4.69) is 9.88 Å². The lowest BCUT2D eigenvalue weighted by Crippen LogP contribution is -2.47. The van der Waals surface area contributed by atoms with Gasteiger partial charge in [-0.15, -0.1) is 11.3 Å². The number of likely N-dealkylation sites (N-methyl/N-ethyl adjacent to an activating group) is 1. The van der Waals surface area contributed by atoms with Crippen LogP contribution < -0.4 is 0 Å². The van der Waals surface area contributed by atoms with Crippen molar-refractivity contribution in [1.82, 2.24) is 14.8 Å². The van der Waals surface area contributed by atoms with E-state index in [9.17, 15) is 9.59 Å². The summed E-state index contributed by atoms with van der Waals surface area (Å²) >= 11 is 1.15. The molecule has 0 radical (unpaired) electrons. The van der Waals surface area contributed by atoms with Crippen LogP contribution in [0.3, 0.4) is 0 Å². The Bertz CT molecular complexity index is 515. The van der Waals surface area contributed by atoms with Crippen molar-refractivity contribution in [3.63, 3.8) is 0 Å². The zero-order valence-electron chi connectivity index (χ0n) is 12.7. The Morgan fingerprint density at radius 2 is 2.29 bits per heavy atom. The molecule has 21 heavy (non-hydrogen) atoms. The van der Waals surface area contributed by atoms with Gasteiger partial charge in [0.25, 0.3) is 5.91 Å². The van der Waals surface area contributed by atoms with Gasteiger partial charge in [-0.3, -0.25) is 4.79 Å². The first kappa shape index (κ1) is 15.9. The van der Waals surface area contributed by atoms with E-state index in [-0.39, 0.29) is 10.9 Å². The lowest BCUT2D eigenvalue weighted by atomic mass is 10.0. The van der Waals surface area contributed by atoms with E-state index >= 15 is 0 Å². The molecule has 0 saturated carbocycles. The number of esters is 1. The number of amides is 1. The number of hydrogen-bond acceptors (Lipinski definition) is 6. The van der Waals surface area contributed by atoms with Crippen molar-refractivity contribution in [1.29, 1.82) is 0 Å². The predicted octanol–water partition coefficient (Wildman–Crippen LogP) is 1.49. The fraction of sp³-hybridized carbons (Fsp3) is 0.643. The number of hydrogen-bond donors (Lipinski definition) is 0. The Labute approximate surface area is 128 Å². The van der Waals surface area contributed by atoms with Gasteiger partial charge in [0.15, 0.2) is 0 Å². The third-order valence-corrected chi connectivity index (χ3v) is 4.41. The van der Waals surface area contributed by atoms with Crippen molar-refractivity contribution in [2.45, 2.75) is 25.8 Å². The molecule has 0 aromatic carbocycles. The van der Waals surface area contributed by atoms with Crippen LogP contribution in [-0.4, -0.2) is 66.5 Å². The maximum Gasteiger partial charge on any atom is 0.367 e. The van der Waals surface area contributed by atoms with Gasteiger partial charge < -0.3 is 14.5 Å². The third kappa shape index (κ3) is 3.79. The standard InChI is InChI=1S/C14H21N3O3S/c1-4-20-14(19)12-15-11(9-21-12)13(18)17-7-5-6-10(8-17)16(2)3/h9-10H,4-8H2,1-3H3. The lowest BCUT2D eigenvalue weighted by Gasteiger charge is -2.35. The first-order valence-corrected chi connectivity index (χ1v) is 7.99. The van der Waals surface area contributed by atoms with E-state index in [0.717, 1.165) is 30.7 Å². The predicted molar refractivity (Wildman–Crippen MR) is 80.7 cm³/mol. The smallest absolute Gasteiger partial charge is 0.367 e. The molecule has 0 bridgehead atoms. The molecule has 116 valence electrons. The van der Waals surface area contributed by atoms with Crippen LogP contribution in [0.15, 0.2) is 5.38 Å². The summed E-state index contributed by atoms with van der Waals surface area (Å²) in [5.74, 6) is -0.570. The Kier molecular flexibility index (Phi) is 5.30. The van der Waals surface area contributed by atoms with Crippen LogP contribution in [0, 0.1) is 0 Å². The molecule has 1 atom stereocenters. The lowest BCUT2D eigenvalue weighted by molar-refractivity contribution is 0.0525. The van der Waals surface area contributed by atoms with Gasteiger partial charge in [-0.1, -0.05) is 0 Å². The zero-order chi connectivity index (χ0) is 15.4. The van der Waals surface area contributed by atoms with Crippen molar-refractivity contribution in [3.8, 4) is 0 Å². The number of rotatable bonds is 4. The highest BCUT2D eigenvalue weighted by Crippen LogP contribution is 2.18. The Balaban J connectivity index is 2.04. The number of thiazole rings is 1. The van der Waals surface area contributed by atoms with Gasteiger partial charge in [0.05, 0.1) is 6.61 Å². The van der Waals surface area contributed by atoms with Crippen LogP contribution in [0.1, 0.15) is 40.1 Å². The number of carbonyl (C=O) groups excluding carboxylic acids is 2. The van der Waals surface area contributed by atoms with E-state index in [1.807, 2.05) is 19.0 Å². The minimum absolute atomic E-state index is 0.103. The SMILES string of the molecule is CCOC(=O)c1nc(C(=O)N2CCCC(N(C)C)C2)cs1. The summed E-state index contributed by atoms with van der Waals surface area (Å²) < 4.78 is 4.89. The van der Waals surface area contributed by atoms with E-state index in [1.165, 1.54) is 0 Å². The normalized spacial score (nSPS) is 18.9. The third-order valence-electron chi connectivity index (χ3n) is 3.59. The molecule has 0 N–H and O–H groups in total. The Hall–Kier alpha value is -1.47. The fourth-order valence-electron chi connectivity index (χ4n) is 2.38. The molecule has 2 rings (SSSR count). The second-order valence-electron chi connectivity index (χ2n) is 5.27. The molecule has 1 fully saturated rings. The molecule has 1 aliphatic heterocycles. The number of carbonyl (C=O) groups is 2. The summed E-state index contributed by atoms with van der Waals surface area (Å²) in [4.78, 5) is 32.1. The summed E-state index contributed by atoms with van der Waals surface area (Å²) in [5.41, 5.74) is 0.336. The highest BCUT2D eigenvalue weighted by Gasteiger charge is 2.27. The summed E-state index contributed by atoms with van der Waals surface area (Å²) in [7, 11) is 4.06. The molecule has 2 heterocycles. The molecule has 0 spiro atoms. The summed E-state index contributed by atoms with van der Waals surface area (Å²) in [5, 5.41) is 1.87. The van der Waals surface area contributed by atoms with Crippen LogP contribution in [0.2, 0.25) is 0 Å². The molecule has 1 amide bonds. The van der Waals surface area contributed by atoms with Crippen molar-refractivity contribution in [2.24, 2.45) is 0 Å². The molecule has 7 heteroatoms. The molecular weight excluding hydrogens is 290 g/mol. The number of ether oxygens (including phenoxy) is 1. The summed E-state index contributed by atoms with van der Waals surface area (Å²) in [6, 6.07) is 0.380. The second kappa shape index (κ2) is 7.00. The van der Waals surface area contributed by atoms with Crippen LogP contribution >= 0.6 is 11.3 Å². The highest BCUT2D eigenvalue weighted by molar-refractivity contribution is 7.11. The number of likely N-dealkylation sites (tertiary alicyclic amines) is 1. The number of piperidine rings is 1. The van der Waals surface area contributed by atoms with Crippen LogP contribution in [0.25, 0.3) is 0 Å². The molecule has 1 aromatic heterocycles. The van der Waals surface area contributed by atoms with E-state index < -0.39 is 5.97 Å². The van der Waals surface area contributed by atoms with Gasteiger partial charge in [0.2, 0.25) is 5.01 Å². The maximum atomic E-state index is 12.5. The maximum absolute atomic E-state index is 12.5. The van der Waals surface area contributed by atoms with Crippen LogP contribution in [0.5, 0.6) is 0 Å². The highest BCUT2D eigenvalue weighted by atomic mass is 32.1. The average Bonchev–Trinajstić information content (AvgIpc) is 2.96. The second-order valence-corrected chi connectivity index (χ2v) is 6.13. The number of aromatic nitrogens is 1. The van der Waals surface area contributed by atoms with E-state index in [1.54, 1.807) is 12.3 Å². The first-order valence-electron chi connectivity index (χ1n) is 7.11. The van der Waals surface area contributed by atoms with Gasteiger partial charge in [-0.25, -0.2) is 9.78 Å². The van der Waals surface area contributed by atoms with Crippen molar-refractivity contribution in [3.05, 3.63) is 16.1 Å². The van der Waals surface area contributed by atoms with Gasteiger partial charge in [0.1, 0.15) is 5.69 Å². The average molecular weight is 311 g/mol. The molecule has 1 unspecified atom stereocenters. The zero-order valence-corrected chi connectivity index (χ0v) is 13.5.